The molecule has 104 valence electrons. The number of benzene rings is 1. The van der Waals surface area contributed by atoms with Crippen LogP contribution in [0.25, 0.3) is 0 Å². The molecule has 0 fully saturated rings. The van der Waals surface area contributed by atoms with E-state index in [4.69, 9.17) is 4.74 Å². The Hall–Kier alpha value is -2.83. The maximum Gasteiger partial charge on any atom is 0.314 e. The molecule has 1 aromatic carbocycles. The van der Waals surface area contributed by atoms with Crippen LogP contribution in [0.3, 0.4) is 0 Å². The average Bonchev–Trinajstić information content (AvgIpc) is 2.98. The van der Waals surface area contributed by atoms with Gasteiger partial charge in [0.1, 0.15) is 12.0 Å². The standard InChI is InChI=1S/C13H13N3O4/c1-19-10-4-2-9(3-5-10)8-14-12(17)13(18)15-11-6-7-20-16-11/h2-7H,8H2,1H3,(H,14,17)(H,15,16,18). The van der Waals surface area contributed by atoms with Crippen LogP contribution in [0.5, 0.6) is 5.75 Å². The van der Waals surface area contributed by atoms with Gasteiger partial charge in [-0.25, -0.2) is 0 Å². The Balaban J connectivity index is 1.83. The quantitative estimate of drug-likeness (QED) is 0.810. The largest absolute Gasteiger partial charge is 0.497 e. The van der Waals surface area contributed by atoms with Crippen molar-refractivity contribution in [1.29, 1.82) is 0 Å². The number of methoxy groups -OCH3 is 1. The van der Waals surface area contributed by atoms with Gasteiger partial charge >= 0.3 is 11.8 Å². The summed E-state index contributed by atoms with van der Waals surface area (Å²) in [6.07, 6.45) is 1.30. The monoisotopic (exact) mass is 275 g/mol. The number of nitrogens with zero attached hydrogens (tertiary/aromatic N) is 1. The zero-order chi connectivity index (χ0) is 14.4. The van der Waals surface area contributed by atoms with Gasteiger partial charge in [-0.15, -0.1) is 0 Å². The first-order chi connectivity index (χ1) is 9.69. The molecular weight excluding hydrogens is 262 g/mol. The van der Waals surface area contributed by atoms with E-state index in [2.05, 4.69) is 20.3 Å². The van der Waals surface area contributed by atoms with Crippen LogP contribution in [-0.2, 0) is 16.1 Å². The summed E-state index contributed by atoms with van der Waals surface area (Å²) in [5.41, 5.74) is 0.855. The topological polar surface area (TPSA) is 93.5 Å². The number of anilines is 1. The number of rotatable bonds is 4. The number of carbonyl (C=O) groups is 2. The van der Waals surface area contributed by atoms with Gasteiger partial charge in [0.2, 0.25) is 0 Å². The molecule has 0 atom stereocenters. The molecule has 0 unspecified atom stereocenters. The number of ether oxygens (including phenoxy) is 1. The molecule has 20 heavy (non-hydrogen) atoms. The third kappa shape index (κ3) is 3.58. The Morgan fingerprint density at radius 1 is 1.20 bits per heavy atom. The Bertz CT molecular complexity index is 578. The Morgan fingerprint density at radius 3 is 2.55 bits per heavy atom. The van der Waals surface area contributed by atoms with Crippen LogP contribution >= 0.6 is 0 Å². The van der Waals surface area contributed by atoms with E-state index >= 15 is 0 Å². The minimum Gasteiger partial charge on any atom is -0.497 e. The van der Waals surface area contributed by atoms with Crippen LogP contribution < -0.4 is 15.4 Å². The summed E-state index contributed by atoms with van der Waals surface area (Å²) in [6.45, 7) is 0.245. The van der Waals surface area contributed by atoms with Crippen LogP contribution in [-0.4, -0.2) is 24.1 Å². The predicted molar refractivity (Wildman–Crippen MR) is 70.0 cm³/mol. The maximum absolute atomic E-state index is 11.6. The molecule has 7 heteroatoms. The lowest BCUT2D eigenvalue weighted by atomic mass is 10.2. The lowest BCUT2D eigenvalue weighted by Crippen LogP contribution is -2.35. The molecule has 1 heterocycles. The first kappa shape index (κ1) is 13.6. The van der Waals surface area contributed by atoms with E-state index < -0.39 is 11.8 Å². The van der Waals surface area contributed by atoms with Crippen LogP contribution in [0.2, 0.25) is 0 Å². The molecule has 0 radical (unpaired) electrons. The minimum atomic E-state index is -0.799. The Kier molecular flexibility index (Phi) is 4.33. The van der Waals surface area contributed by atoms with Crippen molar-refractivity contribution in [3.05, 3.63) is 42.2 Å². The molecule has 0 aliphatic heterocycles. The van der Waals surface area contributed by atoms with E-state index in [0.29, 0.717) is 0 Å². The highest BCUT2D eigenvalue weighted by Gasteiger charge is 2.14. The summed E-state index contributed by atoms with van der Waals surface area (Å²) in [6, 6.07) is 8.59. The summed E-state index contributed by atoms with van der Waals surface area (Å²) in [5, 5.41) is 8.27. The molecule has 0 spiro atoms. The van der Waals surface area contributed by atoms with Gasteiger partial charge in [-0.05, 0) is 17.7 Å². The van der Waals surface area contributed by atoms with Crippen molar-refractivity contribution in [2.24, 2.45) is 0 Å². The van der Waals surface area contributed by atoms with Gasteiger partial charge in [0.25, 0.3) is 0 Å². The first-order valence-corrected chi connectivity index (χ1v) is 5.81. The second-order valence-corrected chi connectivity index (χ2v) is 3.87. The Labute approximate surface area is 114 Å². The molecule has 2 amide bonds. The second-order valence-electron chi connectivity index (χ2n) is 3.87. The molecule has 0 aliphatic rings. The average molecular weight is 275 g/mol. The fourth-order valence-corrected chi connectivity index (χ4v) is 1.46. The zero-order valence-electron chi connectivity index (χ0n) is 10.8. The highest BCUT2D eigenvalue weighted by molar-refractivity contribution is 6.39. The minimum absolute atomic E-state index is 0.189. The third-order valence-electron chi connectivity index (χ3n) is 2.50. The predicted octanol–water partition coefficient (Wildman–Crippen LogP) is 0.938. The van der Waals surface area contributed by atoms with Gasteiger partial charge in [-0.1, -0.05) is 17.3 Å². The summed E-state index contributed by atoms with van der Waals surface area (Å²) < 4.78 is 9.56. The van der Waals surface area contributed by atoms with E-state index in [9.17, 15) is 9.59 Å². The molecule has 2 N–H and O–H groups in total. The van der Waals surface area contributed by atoms with E-state index in [1.54, 1.807) is 31.4 Å². The van der Waals surface area contributed by atoms with E-state index in [1.165, 1.54) is 12.3 Å². The maximum atomic E-state index is 11.6. The smallest absolute Gasteiger partial charge is 0.314 e. The third-order valence-corrected chi connectivity index (χ3v) is 2.50. The summed E-state index contributed by atoms with van der Waals surface area (Å²) in [4.78, 5) is 23.1. The Morgan fingerprint density at radius 2 is 1.95 bits per heavy atom. The number of hydrogen-bond acceptors (Lipinski definition) is 5. The van der Waals surface area contributed by atoms with Crippen molar-refractivity contribution in [2.45, 2.75) is 6.54 Å². The second kappa shape index (κ2) is 6.37. The first-order valence-electron chi connectivity index (χ1n) is 5.81. The number of aromatic nitrogens is 1. The van der Waals surface area contributed by atoms with Crippen LogP contribution in [0, 0.1) is 0 Å². The van der Waals surface area contributed by atoms with E-state index in [0.717, 1.165) is 11.3 Å². The van der Waals surface area contributed by atoms with Gasteiger partial charge < -0.3 is 14.6 Å². The summed E-state index contributed by atoms with van der Waals surface area (Å²) in [7, 11) is 1.57. The van der Waals surface area contributed by atoms with Crippen molar-refractivity contribution >= 4 is 17.6 Å². The summed E-state index contributed by atoms with van der Waals surface area (Å²) >= 11 is 0. The molecule has 7 nitrogen and oxygen atoms in total. The van der Waals surface area contributed by atoms with Crippen LogP contribution in [0.4, 0.5) is 5.82 Å². The van der Waals surface area contributed by atoms with Gasteiger partial charge in [-0.2, -0.15) is 0 Å². The lowest BCUT2D eigenvalue weighted by Gasteiger charge is -2.05. The van der Waals surface area contributed by atoms with Gasteiger partial charge in [-0.3, -0.25) is 14.9 Å². The molecule has 0 saturated carbocycles. The van der Waals surface area contributed by atoms with Gasteiger partial charge in [0.15, 0.2) is 5.82 Å². The van der Waals surface area contributed by atoms with Crippen molar-refractivity contribution in [3.8, 4) is 5.75 Å². The molecule has 2 aromatic rings. The van der Waals surface area contributed by atoms with Crippen LogP contribution in [0.15, 0.2) is 41.1 Å². The van der Waals surface area contributed by atoms with Crippen molar-refractivity contribution in [2.75, 3.05) is 12.4 Å². The number of amides is 2. The number of nitrogens with one attached hydrogen (secondary N) is 2. The van der Waals surface area contributed by atoms with Crippen molar-refractivity contribution in [1.82, 2.24) is 10.5 Å². The molecule has 0 saturated heterocycles. The fourth-order valence-electron chi connectivity index (χ4n) is 1.46. The van der Waals surface area contributed by atoms with Gasteiger partial charge in [0.05, 0.1) is 7.11 Å². The highest BCUT2D eigenvalue weighted by atomic mass is 16.5. The van der Waals surface area contributed by atoms with Crippen LogP contribution in [0.1, 0.15) is 5.56 Å². The zero-order valence-corrected chi connectivity index (χ0v) is 10.8. The van der Waals surface area contributed by atoms with Crippen molar-refractivity contribution in [3.63, 3.8) is 0 Å². The van der Waals surface area contributed by atoms with Crippen molar-refractivity contribution < 1.29 is 18.8 Å². The molecule has 2 rings (SSSR count). The van der Waals surface area contributed by atoms with E-state index in [1.807, 2.05) is 0 Å². The normalized spacial score (nSPS) is 9.85. The fraction of sp³-hybridized carbons (Fsp3) is 0.154. The summed E-state index contributed by atoms with van der Waals surface area (Å²) in [5.74, 6) is -0.630. The lowest BCUT2D eigenvalue weighted by molar-refractivity contribution is -0.136. The molecule has 1 aromatic heterocycles. The SMILES string of the molecule is COc1ccc(CNC(=O)C(=O)Nc2ccon2)cc1. The molecule has 0 aliphatic carbocycles. The molecular formula is C13H13N3O4. The molecule has 0 bridgehead atoms. The highest BCUT2D eigenvalue weighted by Crippen LogP contribution is 2.10. The number of hydrogen-bond donors (Lipinski definition) is 2. The number of carbonyl (C=O) groups excluding carboxylic acids is 2. The van der Waals surface area contributed by atoms with Gasteiger partial charge in [0, 0.05) is 12.6 Å². The van der Waals surface area contributed by atoms with E-state index in [-0.39, 0.29) is 12.4 Å².